The molecule has 0 amide bonds. The van der Waals surface area contributed by atoms with Crippen molar-refractivity contribution in [3.05, 3.63) is 0 Å². The molecule has 0 saturated heterocycles. The van der Waals surface area contributed by atoms with Crippen LogP contribution in [0, 0.1) is 5.92 Å². The summed E-state index contributed by atoms with van der Waals surface area (Å²) in [6, 6.07) is 0. The van der Waals surface area contributed by atoms with Crippen LogP contribution in [0.1, 0.15) is 13.8 Å². The Balaban J connectivity index is 3.34. The van der Waals surface area contributed by atoms with Gasteiger partial charge in [0.15, 0.2) is 0 Å². The van der Waals surface area contributed by atoms with Gasteiger partial charge in [0.2, 0.25) is 0 Å². The van der Waals surface area contributed by atoms with Gasteiger partial charge < -0.3 is 0 Å². The van der Waals surface area contributed by atoms with Gasteiger partial charge in [0, 0.05) is 5.92 Å². The number of carbonyl (C=O) groups excluding carboxylic acids is 1. The van der Waals surface area contributed by atoms with E-state index in [4.69, 9.17) is 7.85 Å². The minimum absolute atomic E-state index is 0.0417. The molecule has 0 aliphatic rings. The predicted molar refractivity (Wildman–Crippen MR) is 30.4 cm³/mol. The van der Waals surface area contributed by atoms with Crippen molar-refractivity contribution in [1.82, 2.24) is 0 Å². The molecule has 0 spiro atoms. The number of ketones is 1. The van der Waals surface area contributed by atoms with Crippen molar-refractivity contribution < 1.29 is 4.79 Å². The third kappa shape index (κ3) is 2.43. The minimum Gasteiger partial charge on any atom is -0.300 e. The summed E-state index contributed by atoms with van der Waals surface area (Å²) in [5, 5.41) is 0. The lowest BCUT2D eigenvalue weighted by Gasteiger charge is -1.98. The Morgan fingerprint density at radius 3 is 2.29 bits per heavy atom. The molecule has 7 heavy (non-hydrogen) atoms. The van der Waals surface area contributed by atoms with E-state index in [1.54, 1.807) is 6.92 Å². The molecule has 0 aliphatic carbocycles. The second-order valence-corrected chi connectivity index (χ2v) is 1.75. The van der Waals surface area contributed by atoms with E-state index in [1.165, 1.54) is 0 Å². The normalized spacial score (nSPS) is 13.4. The fourth-order valence-electron chi connectivity index (χ4n) is 0.166. The lowest BCUT2D eigenvalue weighted by atomic mass is 9.90. The standard InChI is InChI=1S/C5H9BO/c1-4(3-6)5(2)7/h4H,3H2,1-2H3. The first-order chi connectivity index (χ1) is 3.18. The number of rotatable bonds is 2. The molecule has 0 bridgehead atoms. The molecule has 0 heterocycles. The molecule has 2 heteroatoms. The van der Waals surface area contributed by atoms with Crippen LogP contribution in [0.25, 0.3) is 0 Å². The van der Waals surface area contributed by atoms with E-state index in [-0.39, 0.29) is 11.7 Å². The highest BCUT2D eigenvalue weighted by atomic mass is 16.1. The monoisotopic (exact) mass is 96.1 g/mol. The van der Waals surface area contributed by atoms with E-state index in [0.717, 1.165) is 0 Å². The zero-order valence-electron chi connectivity index (χ0n) is 4.77. The van der Waals surface area contributed by atoms with Crippen molar-refractivity contribution in [2.24, 2.45) is 5.92 Å². The van der Waals surface area contributed by atoms with Crippen molar-refractivity contribution >= 4 is 13.6 Å². The molecule has 0 aromatic heterocycles. The Kier molecular flexibility index (Phi) is 2.73. The Hall–Kier alpha value is -0.265. The fourth-order valence-corrected chi connectivity index (χ4v) is 0.166. The van der Waals surface area contributed by atoms with Crippen LogP contribution >= 0.6 is 0 Å². The molecule has 1 atom stereocenters. The van der Waals surface area contributed by atoms with Crippen LogP contribution in [0.4, 0.5) is 0 Å². The average molecular weight is 95.9 g/mol. The van der Waals surface area contributed by atoms with Gasteiger partial charge in [-0.05, 0) is 6.92 Å². The maximum absolute atomic E-state index is 10.3. The largest absolute Gasteiger partial charge is 0.300 e. The van der Waals surface area contributed by atoms with Gasteiger partial charge in [-0.1, -0.05) is 13.2 Å². The van der Waals surface area contributed by atoms with E-state index < -0.39 is 0 Å². The predicted octanol–water partition coefficient (Wildman–Crippen LogP) is 0.798. The first-order valence-corrected chi connectivity index (χ1v) is 2.39. The molecule has 38 valence electrons. The zero-order valence-corrected chi connectivity index (χ0v) is 4.77. The molecule has 0 rings (SSSR count). The SMILES string of the molecule is [B]CC(C)C(C)=O. The molecular weight excluding hydrogens is 86.9 g/mol. The summed E-state index contributed by atoms with van der Waals surface area (Å²) in [5.74, 6) is 0.211. The second-order valence-electron chi connectivity index (χ2n) is 1.75. The van der Waals surface area contributed by atoms with E-state index in [9.17, 15) is 4.79 Å². The van der Waals surface area contributed by atoms with Gasteiger partial charge in [-0.15, -0.1) is 0 Å². The maximum atomic E-state index is 10.3. The van der Waals surface area contributed by atoms with E-state index in [1.807, 2.05) is 6.92 Å². The number of hydrogen-bond acceptors (Lipinski definition) is 1. The highest BCUT2D eigenvalue weighted by molar-refractivity contribution is 6.10. The molecule has 0 aromatic carbocycles. The van der Waals surface area contributed by atoms with Crippen LogP contribution in [0.2, 0.25) is 6.32 Å². The summed E-state index contributed by atoms with van der Waals surface area (Å²) in [5.41, 5.74) is 0. The summed E-state index contributed by atoms with van der Waals surface area (Å²) in [7, 11) is 5.15. The third-order valence-corrected chi connectivity index (χ3v) is 1.05. The van der Waals surface area contributed by atoms with Crippen LogP contribution in [-0.4, -0.2) is 13.6 Å². The second kappa shape index (κ2) is 2.83. The van der Waals surface area contributed by atoms with Crippen molar-refractivity contribution in [2.45, 2.75) is 20.2 Å². The van der Waals surface area contributed by atoms with Crippen molar-refractivity contribution in [2.75, 3.05) is 0 Å². The van der Waals surface area contributed by atoms with Crippen molar-refractivity contribution in [3.8, 4) is 0 Å². The summed E-state index contributed by atoms with van der Waals surface area (Å²) < 4.78 is 0. The molecule has 0 N–H and O–H groups in total. The van der Waals surface area contributed by atoms with E-state index >= 15 is 0 Å². The van der Waals surface area contributed by atoms with Gasteiger partial charge in [-0.2, -0.15) is 0 Å². The van der Waals surface area contributed by atoms with Crippen LogP contribution in [-0.2, 0) is 4.79 Å². The van der Waals surface area contributed by atoms with Crippen LogP contribution in [0.5, 0.6) is 0 Å². The first-order valence-electron chi connectivity index (χ1n) is 2.39. The Morgan fingerprint density at radius 1 is 1.86 bits per heavy atom. The highest BCUT2D eigenvalue weighted by Gasteiger charge is 2.00. The lowest BCUT2D eigenvalue weighted by Crippen LogP contribution is -2.03. The van der Waals surface area contributed by atoms with E-state index in [2.05, 4.69) is 0 Å². The number of Topliss-reactive ketones (excluding diaryl/α,β-unsaturated/α-hetero) is 1. The van der Waals surface area contributed by atoms with Gasteiger partial charge in [0.05, 0.1) is 7.85 Å². The van der Waals surface area contributed by atoms with Crippen LogP contribution in [0.15, 0.2) is 0 Å². The number of carbonyl (C=O) groups is 1. The average Bonchev–Trinajstić information content (AvgIpc) is 1.65. The number of hydrogen-bond donors (Lipinski definition) is 0. The Bertz CT molecular complexity index is 70.5. The molecule has 0 aromatic rings. The lowest BCUT2D eigenvalue weighted by molar-refractivity contribution is -0.119. The zero-order chi connectivity index (χ0) is 5.86. The quantitative estimate of drug-likeness (QED) is 0.464. The maximum Gasteiger partial charge on any atom is 0.131 e. The van der Waals surface area contributed by atoms with E-state index in [0.29, 0.717) is 6.32 Å². The Morgan fingerprint density at radius 2 is 2.29 bits per heavy atom. The molecule has 1 nitrogen and oxygen atoms in total. The molecule has 0 aliphatic heterocycles. The van der Waals surface area contributed by atoms with Gasteiger partial charge in [0.1, 0.15) is 5.78 Å². The van der Waals surface area contributed by atoms with Crippen molar-refractivity contribution in [1.29, 1.82) is 0 Å². The third-order valence-electron chi connectivity index (χ3n) is 1.05. The summed E-state index contributed by atoms with van der Waals surface area (Å²) >= 11 is 0. The molecule has 0 saturated carbocycles. The molecular formula is C5H9BO. The minimum atomic E-state index is 0.0417. The topological polar surface area (TPSA) is 17.1 Å². The Labute approximate surface area is 45.5 Å². The van der Waals surface area contributed by atoms with Crippen molar-refractivity contribution in [3.63, 3.8) is 0 Å². The van der Waals surface area contributed by atoms with Crippen LogP contribution < -0.4 is 0 Å². The fraction of sp³-hybridized carbons (Fsp3) is 0.800. The van der Waals surface area contributed by atoms with Gasteiger partial charge in [-0.25, -0.2) is 0 Å². The summed E-state index contributed by atoms with van der Waals surface area (Å²) in [4.78, 5) is 10.3. The van der Waals surface area contributed by atoms with Gasteiger partial charge in [0.25, 0.3) is 0 Å². The van der Waals surface area contributed by atoms with Crippen LogP contribution in [0.3, 0.4) is 0 Å². The smallest absolute Gasteiger partial charge is 0.131 e. The molecule has 2 radical (unpaired) electrons. The highest BCUT2D eigenvalue weighted by Crippen LogP contribution is 1.98. The first kappa shape index (κ1) is 6.73. The molecule has 0 fully saturated rings. The van der Waals surface area contributed by atoms with Gasteiger partial charge >= 0.3 is 0 Å². The summed E-state index contributed by atoms with van der Waals surface area (Å²) in [6.07, 6.45) is 0.468. The van der Waals surface area contributed by atoms with Gasteiger partial charge in [-0.3, -0.25) is 4.79 Å². The molecule has 1 unspecified atom stereocenters. The summed E-state index contributed by atoms with van der Waals surface area (Å²) in [6.45, 7) is 3.37.